The van der Waals surface area contributed by atoms with Crippen molar-refractivity contribution in [3.8, 4) is 0 Å². The molecule has 0 atom stereocenters. The third kappa shape index (κ3) is 4.94. The molecule has 2 fully saturated rings. The molecule has 0 spiro atoms. The van der Waals surface area contributed by atoms with Gasteiger partial charge in [-0.1, -0.05) is 6.92 Å². The fourth-order valence-corrected chi connectivity index (χ4v) is 2.12. The van der Waals surface area contributed by atoms with E-state index in [4.69, 9.17) is 14.5 Å². The Morgan fingerprint density at radius 1 is 1.45 bits per heavy atom. The molecule has 1 N–H and O–H groups in total. The van der Waals surface area contributed by atoms with E-state index in [-0.39, 0.29) is 5.41 Å². The SMILES string of the molecule is CCNC(=NCC1(C)COC1)N(C)CCOCC1CC1. The number of ether oxygens (including phenoxy) is 2. The van der Waals surface area contributed by atoms with Crippen molar-refractivity contribution < 1.29 is 9.47 Å². The Hall–Kier alpha value is -0.810. The van der Waals surface area contributed by atoms with Crippen molar-refractivity contribution in [1.82, 2.24) is 10.2 Å². The zero-order chi connectivity index (χ0) is 14.4. The van der Waals surface area contributed by atoms with Crippen LogP contribution in [0, 0.1) is 11.3 Å². The lowest BCUT2D eigenvalue weighted by Gasteiger charge is -2.37. The van der Waals surface area contributed by atoms with Gasteiger partial charge in [-0.05, 0) is 25.7 Å². The smallest absolute Gasteiger partial charge is 0.193 e. The second-order valence-corrected chi connectivity index (χ2v) is 6.41. The molecule has 1 heterocycles. The molecule has 2 aliphatic rings. The highest BCUT2D eigenvalue weighted by Gasteiger charge is 2.33. The summed E-state index contributed by atoms with van der Waals surface area (Å²) in [6, 6.07) is 0. The predicted molar refractivity (Wildman–Crippen MR) is 81.1 cm³/mol. The van der Waals surface area contributed by atoms with Gasteiger partial charge in [-0.2, -0.15) is 0 Å². The number of likely N-dealkylation sites (N-methyl/N-ethyl adjacent to an activating group) is 1. The van der Waals surface area contributed by atoms with Crippen LogP contribution in [0.4, 0.5) is 0 Å². The van der Waals surface area contributed by atoms with Gasteiger partial charge in [-0.3, -0.25) is 4.99 Å². The standard InChI is InChI=1S/C15H29N3O2/c1-4-16-14(17-10-15(2)11-20-12-15)18(3)7-8-19-9-13-5-6-13/h13H,4-12H2,1-3H3,(H,16,17). The van der Waals surface area contributed by atoms with Crippen LogP contribution in [0.5, 0.6) is 0 Å². The number of aliphatic imine (C=N–C) groups is 1. The minimum atomic E-state index is 0.226. The quantitative estimate of drug-likeness (QED) is 0.415. The Morgan fingerprint density at radius 2 is 2.20 bits per heavy atom. The number of hydrogen-bond acceptors (Lipinski definition) is 3. The summed E-state index contributed by atoms with van der Waals surface area (Å²) < 4.78 is 11.0. The molecule has 20 heavy (non-hydrogen) atoms. The zero-order valence-electron chi connectivity index (χ0n) is 13.2. The van der Waals surface area contributed by atoms with Crippen molar-refractivity contribution >= 4 is 5.96 Å². The normalized spacial score (nSPS) is 21.4. The Labute approximate surface area is 122 Å². The van der Waals surface area contributed by atoms with Gasteiger partial charge in [0.15, 0.2) is 5.96 Å². The van der Waals surface area contributed by atoms with Crippen molar-refractivity contribution in [1.29, 1.82) is 0 Å². The van der Waals surface area contributed by atoms with Gasteiger partial charge < -0.3 is 19.7 Å². The van der Waals surface area contributed by atoms with Gasteiger partial charge in [0.1, 0.15) is 0 Å². The van der Waals surface area contributed by atoms with E-state index >= 15 is 0 Å². The van der Waals surface area contributed by atoms with Gasteiger partial charge in [-0.25, -0.2) is 0 Å². The highest BCUT2D eigenvalue weighted by atomic mass is 16.5. The molecular formula is C15H29N3O2. The molecule has 0 unspecified atom stereocenters. The summed E-state index contributed by atoms with van der Waals surface area (Å²) >= 11 is 0. The minimum Gasteiger partial charge on any atom is -0.380 e. The summed E-state index contributed by atoms with van der Waals surface area (Å²) in [4.78, 5) is 6.88. The monoisotopic (exact) mass is 283 g/mol. The van der Waals surface area contributed by atoms with Crippen LogP contribution in [0.1, 0.15) is 26.7 Å². The zero-order valence-corrected chi connectivity index (χ0v) is 13.2. The number of guanidine groups is 1. The van der Waals surface area contributed by atoms with Gasteiger partial charge in [0, 0.05) is 32.2 Å². The molecule has 0 bridgehead atoms. The number of rotatable bonds is 8. The lowest BCUT2D eigenvalue weighted by Crippen LogP contribution is -2.45. The second-order valence-electron chi connectivity index (χ2n) is 6.41. The Morgan fingerprint density at radius 3 is 2.75 bits per heavy atom. The highest BCUT2D eigenvalue weighted by Crippen LogP contribution is 2.28. The van der Waals surface area contributed by atoms with Crippen molar-refractivity contribution in [3.05, 3.63) is 0 Å². The molecule has 1 saturated carbocycles. The summed E-state index contributed by atoms with van der Waals surface area (Å²) in [5.74, 6) is 1.80. The molecule has 1 aliphatic heterocycles. The number of nitrogens with zero attached hydrogens (tertiary/aromatic N) is 2. The molecule has 0 amide bonds. The third-order valence-electron chi connectivity index (χ3n) is 3.83. The lowest BCUT2D eigenvalue weighted by molar-refractivity contribution is -0.0946. The van der Waals surface area contributed by atoms with Crippen molar-refractivity contribution in [2.24, 2.45) is 16.3 Å². The molecule has 116 valence electrons. The van der Waals surface area contributed by atoms with Crippen molar-refractivity contribution in [2.75, 3.05) is 53.1 Å². The minimum absolute atomic E-state index is 0.226. The Kier molecular flexibility index (Phi) is 5.66. The summed E-state index contributed by atoms with van der Waals surface area (Å²) in [6.45, 7) is 10.3. The second kappa shape index (κ2) is 7.27. The Balaban J connectivity index is 1.71. The first-order valence-corrected chi connectivity index (χ1v) is 7.78. The number of hydrogen-bond donors (Lipinski definition) is 1. The van der Waals surface area contributed by atoms with Crippen molar-refractivity contribution in [2.45, 2.75) is 26.7 Å². The van der Waals surface area contributed by atoms with E-state index in [9.17, 15) is 0 Å². The fourth-order valence-electron chi connectivity index (χ4n) is 2.12. The van der Waals surface area contributed by atoms with Crippen LogP contribution in [-0.2, 0) is 9.47 Å². The van der Waals surface area contributed by atoms with E-state index < -0.39 is 0 Å². The highest BCUT2D eigenvalue weighted by molar-refractivity contribution is 5.79. The van der Waals surface area contributed by atoms with E-state index in [0.717, 1.165) is 57.9 Å². The van der Waals surface area contributed by atoms with E-state index in [0.29, 0.717) is 0 Å². The summed E-state index contributed by atoms with van der Waals surface area (Å²) in [7, 11) is 2.07. The maximum atomic E-state index is 5.69. The molecule has 1 aliphatic carbocycles. The van der Waals surface area contributed by atoms with Crippen LogP contribution in [-0.4, -0.2) is 64.0 Å². The van der Waals surface area contributed by atoms with Crippen LogP contribution in [0.3, 0.4) is 0 Å². The molecule has 0 aromatic rings. The first-order valence-electron chi connectivity index (χ1n) is 7.78. The van der Waals surface area contributed by atoms with Crippen molar-refractivity contribution in [3.63, 3.8) is 0 Å². The van der Waals surface area contributed by atoms with Gasteiger partial charge >= 0.3 is 0 Å². The molecule has 5 heteroatoms. The summed E-state index contributed by atoms with van der Waals surface area (Å²) in [5.41, 5.74) is 0.226. The molecule has 0 radical (unpaired) electrons. The summed E-state index contributed by atoms with van der Waals surface area (Å²) in [5, 5.41) is 3.34. The summed E-state index contributed by atoms with van der Waals surface area (Å²) in [6.07, 6.45) is 2.70. The van der Waals surface area contributed by atoms with Gasteiger partial charge in [-0.15, -0.1) is 0 Å². The average molecular weight is 283 g/mol. The largest absolute Gasteiger partial charge is 0.380 e. The van der Waals surface area contributed by atoms with Crippen LogP contribution >= 0.6 is 0 Å². The van der Waals surface area contributed by atoms with Crippen LogP contribution < -0.4 is 5.32 Å². The topological polar surface area (TPSA) is 46.1 Å². The van der Waals surface area contributed by atoms with E-state index in [1.807, 2.05) is 0 Å². The molecule has 0 aromatic heterocycles. The average Bonchev–Trinajstić information content (AvgIpc) is 3.21. The van der Waals surface area contributed by atoms with Gasteiger partial charge in [0.2, 0.25) is 0 Å². The van der Waals surface area contributed by atoms with E-state index in [1.54, 1.807) is 0 Å². The molecule has 1 saturated heterocycles. The molecular weight excluding hydrogens is 254 g/mol. The number of nitrogens with one attached hydrogen (secondary N) is 1. The fraction of sp³-hybridized carbons (Fsp3) is 0.933. The third-order valence-corrected chi connectivity index (χ3v) is 3.83. The van der Waals surface area contributed by atoms with Gasteiger partial charge in [0.25, 0.3) is 0 Å². The van der Waals surface area contributed by atoms with Crippen LogP contribution in [0.15, 0.2) is 4.99 Å². The van der Waals surface area contributed by atoms with E-state index in [1.165, 1.54) is 12.8 Å². The first kappa shape index (κ1) is 15.6. The molecule has 2 rings (SSSR count). The van der Waals surface area contributed by atoms with Crippen LogP contribution in [0.2, 0.25) is 0 Å². The van der Waals surface area contributed by atoms with Crippen LogP contribution in [0.25, 0.3) is 0 Å². The molecule has 0 aromatic carbocycles. The Bertz CT molecular complexity index is 325. The van der Waals surface area contributed by atoms with Gasteiger partial charge in [0.05, 0.1) is 26.4 Å². The first-order chi connectivity index (χ1) is 9.63. The lowest BCUT2D eigenvalue weighted by atomic mass is 9.89. The maximum absolute atomic E-state index is 5.69. The predicted octanol–water partition coefficient (Wildman–Crippen LogP) is 1.35. The molecule has 5 nitrogen and oxygen atoms in total. The maximum Gasteiger partial charge on any atom is 0.193 e. The van der Waals surface area contributed by atoms with E-state index in [2.05, 4.69) is 31.1 Å².